The second kappa shape index (κ2) is 14.8. The normalized spacial score (nSPS) is 11.8. The Balaban J connectivity index is 1.66. The lowest BCUT2D eigenvalue weighted by Crippen LogP contribution is -2.35. The first-order valence-corrected chi connectivity index (χ1v) is 14.3. The Morgan fingerprint density at radius 3 is 2.74 bits per heavy atom. The number of rotatable bonds is 13. The number of pyridine rings is 1. The van der Waals surface area contributed by atoms with Gasteiger partial charge in [0.2, 0.25) is 0 Å². The van der Waals surface area contributed by atoms with E-state index in [9.17, 15) is 9.18 Å². The second-order valence-electron chi connectivity index (χ2n) is 9.76. The van der Waals surface area contributed by atoms with Crippen LogP contribution in [0.15, 0.2) is 66.9 Å². The first-order chi connectivity index (χ1) is 20.8. The standard InChI is InChI=1S/C32H35ClFN5O4/c1-6-8-13-42-28(7-2)32(40)39(12-14-41-5)18-22-16-23(34)17-27(33)26(22)19-43-29-11-9-10-24-25(15-21(3)37-30(24)29)31-35-20-36-38(31)4/h7-11,13,15-17,20H,6,12,14,18-19H2,1-5H3/b13-8+,28-7-. The van der Waals surface area contributed by atoms with Gasteiger partial charge in [-0.1, -0.05) is 30.7 Å². The molecule has 0 unspecified atom stereocenters. The number of methoxy groups -OCH3 is 1. The molecule has 4 aromatic rings. The quantitative estimate of drug-likeness (QED) is 0.126. The molecule has 0 aliphatic heterocycles. The first-order valence-electron chi connectivity index (χ1n) is 13.9. The molecule has 2 aromatic carbocycles. The molecule has 0 atom stereocenters. The summed E-state index contributed by atoms with van der Waals surface area (Å²) in [7, 11) is 3.38. The van der Waals surface area contributed by atoms with Gasteiger partial charge in [0.1, 0.15) is 30.0 Å². The summed E-state index contributed by atoms with van der Waals surface area (Å²) in [6.07, 6.45) is 7.14. The molecule has 0 radical (unpaired) electrons. The molecule has 43 heavy (non-hydrogen) atoms. The minimum atomic E-state index is -0.521. The summed E-state index contributed by atoms with van der Waals surface area (Å²) in [5.74, 6) is 0.490. The van der Waals surface area contributed by atoms with Crippen LogP contribution in [0, 0.1) is 12.7 Å². The van der Waals surface area contributed by atoms with Crippen LogP contribution in [-0.4, -0.2) is 50.8 Å². The third kappa shape index (κ3) is 7.57. The van der Waals surface area contributed by atoms with E-state index in [4.69, 9.17) is 30.8 Å². The van der Waals surface area contributed by atoms with Gasteiger partial charge < -0.3 is 19.1 Å². The summed E-state index contributed by atoms with van der Waals surface area (Å²) in [4.78, 5) is 24.1. The largest absolute Gasteiger partial charge is 0.487 e. The van der Waals surface area contributed by atoms with Gasteiger partial charge in [0.25, 0.3) is 5.91 Å². The van der Waals surface area contributed by atoms with E-state index in [-0.39, 0.29) is 43.0 Å². The maximum absolute atomic E-state index is 14.6. The molecule has 0 saturated heterocycles. The van der Waals surface area contributed by atoms with Crippen molar-refractivity contribution in [2.45, 2.75) is 40.3 Å². The lowest BCUT2D eigenvalue weighted by Gasteiger charge is -2.25. The number of benzene rings is 2. The predicted octanol–water partition coefficient (Wildman–Crippen LogP) is 6.53. The zero-order chi connectivity index (χ0) is 30.9. The number of para-hydroxylation sites is 1. The van der Waals surface area contributed by atoms with E-state index in [1.807, 2.05) is 45.2 Å². The summed E-state index contributed by atoms with van der Waals surface area (Å²) in [5.41, 5.74) is 3.34. The number of halogens is 2. The van der Waals surface area contributed by atoms with Crippen molar-refractivity contribution < 1.29 is 23.4 Å². The molecule has 11 heteroatoms. The van der Waals surface area contributed by atoms with E-state index >= 15 is 0 Å². The van der Waals surface area contributed by atoms with Crippen molar-refractivity contribution in [2.24, 2.45) is 7.05 Å². The highest BCUT2D eigenvalue weighted by molar-refractivity contribution is 6.31. The molecule has 0 aliphatic rings. The molecule has 0 fully saturated rings. The third-order valence-corrected chi connectivity index (χ3v) is 7.06. The maximum atomic E-state index is 14.6. The number of carbonyl (C=O) groups is 1. The molecule has 0 bridgehead atoms. The van der Waals surface area contributed by atoms with Gasteiger partial charge in [-0.3, -0.25) is 4.79 Å². The van der Waals surface area contributed by atoms with Crippen molar-refractivity contribution in [3.05, 3.63) is 94.6 Å². The van der Waals surface area contributed by atoms with Gasteiger partial charge in [-0.25, -0.2) is 19.0 Å². The number of amides is 1. The molecule has 0 N–H and O–H groups in total. The Morgan fingerprint density at radius 2 is 2.05 bits per heavy atom. The Morgan fingerprint density at radius 1 is 1.23 bits per heavy atom. The van der Waals surface area contributed by atoms with Crippen LogP contribution in [0.25, 0.3) is 22.3 Å². The van der Waals surface area contributed by atoms with E-state index in [1.54, 1.807) is 30.9 Å². The molecule has 4 rings (SSSR count). The molecule has 226 valence electrons. The van der Waals surface area contributed by atoms with Crippen LogP contribution < -0.4 is 4.74 Å². The van der Waals surface area contributed by atoms with Crippen LogP contribution >= 0.6 is 11.6 Å². The van der Waals surface area contributed by atoms with Crippen molar-refractivity contribution in [2.75, 3.05) is 20.3 Å². The van der Waals surface area contributed by atoms with E-state index in [1.165, 1.54) is 29.6 Å². The summed E-state index contributed by atoms with van der Waals surface area (Å²) < 4.78 is 33.5. The van der Waals surface area contributed by atoms with Crippen molar-refractivity contribution in [1.82, 2.24) is 24.6 Å². The summed E-state index contributed by atoms with van der Waals surface area (Å²) in [5, 5.41) is 5.23. The lowest BCUT2D eigenvalue weighted by atomic mass is 10.1. The molecule has 0 saturated carbocycles. The summed E-state index contributed by atoms with van der Waals surface area (Å²) >= 11 is 6.57. The van der Waals surface area contributed by atoms with Gasteiger partial charge >= 0.3 is 0 Å². The molecule has 9 nitrogen and oxygen atoms in total. The number of fused-ring (bicyclic) bond motifs is 1. The molecule has 0 aliphatic carbocycles. The average Bonchev–Trinajstić information content (AvgIpc) is 3.41. The second-order valence-corrected chi connectivity index (χ2v) is 10.2. The van der Waals surface area contributed by atoms with E-state index in [0.29, 0.717) is 28.2 Å². The molecule has 2 heterocycles. The number of carbonyl (C=O) groups excluding carboxylic acids is 1. The van der Waals surface area contributed by atoms with Crippen LogP contribution in [0.5, 0.6) is 5.75 Å². The van der Waals surface area contributed by atoms with Crippen molar-refractivity contribution in [3.8, 4) is 17.1 Å². The number of nitrogens with zero attached hydrogens (tertiary/aromatic N) is 5. The highest BCUT2D eigenvalue weighted by atomic mass is 35.5. The molecular formula is C32H35ClFN5O4. The average molecular weight is 608 g/mol. The monoisotopic (exact) mass is 607 g/mol. The Labute approximate surface area is 255 Å². The summed E-state index contributed by atoms with van der Waals surface area (Å²) in [6.45, 7) is 6.18. The topological polar surface area (TPSA) is 91.6 Å². The van der Waals surface area contributed by atoms with Gasteiger partial charge in [0, 0.05) is 49.5 Å². The number of hydrogen-bond donors (Lipinski definition) is 0. The fourth-order valence-corrected chi connectivity index (χ4v) is 4.86. The Bertz CT molecular complexity index is 1650. The fourth-order valence-electron chi connectivity index (χ4n) is 4.58. The molecular weight excluding hydrogens is 573 g/mol. The highest BCUT2D eigenvalue weighted by Crippen LogP contribution is 2.33. The van der Waals surface area contributed by atoms with Crippen LogP contribution in [0.3, 0.4) is 0 Å². The smallest absolute Gasteiger partial charge is 0.289 e. The highest BCUT2D eigenvalue weighted by Gasteiger charge is 2.22. The number of hydrogen-bond acceptors (Lipinski definition) is 7. The van der Waals surface area contributed by atoms with E-state index < -0.39 is 5.82 Å². The first kappa shape index (κ1) is 31.7. The van der Waals surface area contributed by atoms with Gasteiger partial charge in [-0.05, 0) is 62.2 Å². The van der Waals surface area contributed by atoms with Crippen LogP contribution in [-0.2, 0) is 34.5 Å². The van der Waals surface area contributed by atoms with Gasteiger partial charge in [-0.15, -0.1) is 0 Å². The zero-order valence-electron chi connectivity index (χ0n) is 24.9. The van der Waals surface area contributed by atoms with Crippen LogP contribution in [0.1, 0.15) is 37.1 Å². The third-order valence-electron chi connectivity index (χ3n) is 6.72. The molecule has 0 spiro atoms. The number of ether oxygens (including phenoxy) is 3. The fraction of sp³-hybridized carbons (Fsp3) is 0.312. The van der Waals surface area contributed by atoms with Crippen molar-refractivity contribution in [1.29, 1.82) is 0 Å². The number of allylic oxidation sites excluding steroid dienone is 2. The number of aryl methyl sites for hydroxylation is 2. The van der Waals surface area contributed by atoms with E-state index in [0.717, 1.165) is 23.1 Å². The van der Waals surface area contributed by atoms with Gasteiger partial charge in [0.15, 0.2) is 11.6 Å². The number of aromatic nitrogens is 4. The minimum Gasteiger partial charge on any atom is -0.487 e. The Hall–Kier alpha value is -4.28. The van der Waals surface area contributed by atoms with E-state index in [2.05, 4.69) is 10.1 Å². The van der Waals surface area contributed by atoms with Gasteiger partial charge in [-0.2, -0.15) is 5.10 Å². The van der Waals surface area contributed by atoms with Crippen LogP contribution in [0.4, 0.5) is 4.39 Å². The molecule has 1 amide bonds. The zero-order valence-corrected chi connectivity index (χ0v) is 25.7. The van der Waals surface area contributed by atoms with Crippen molar-refractivity contribution in [3.63, 3.8) is 0 Å². The van der Waals surface area contributed by atoms with Crippen molar-refractivity contribution >= 4 is 28.4 Å². The predicted molar refractivity (Wildman–Crippen MR) is 164 cm³/mol. The Kier molecular flexibility index (Phi) is 10.9. The van der Waals surface area contributed by atoms with Gasteiger partial charge in [0.05, 0.1) is 17.9 Å². The van der Waals surface area contributed by atoms with Crippen LogP contribution in [0.2, 0.25) is 5.02 Å². The molecule has 2 aromatic heterocycles. The SMILES string of the molecule is C/C=C(\O/C=C/CC)C(=O)N(CCOC)Cc1cc(F)cc(Cl)c1COc1cccc2c(-c3ncnn3C)cc(C)nc12. The minimum absolute atomic E-state index is 0.0149. The summed E-state index contributed by atoms with van der Waals surface area (Å²) in [6, 6.07) is 10.2. The maximum Gasteiger partial charge on any atom is 0.289 e. The lowest BCUT2D eigenvalue weighted by molar-refractivity contribution is -0.131.